The van der Waals surface area contributed by atoms with E-state index >= 15 is 0 Å². The molecular weight excluding hydrogens is 208 g/mol. The first kappa shape index (κ1) is 10.9. The Labute approximate surface area is 93.0 Å². The van der Waals surface area contributed by atoms with Crippen LogP contribution in [0.3, 0.4) is 0 Å². The second-order valence-electron chi connectivity index (χ2n) is 4.30. The van der Waals surface area contributed by atoms with Gasteiger partial charge in [0, 0.05) is 18.0 Å². The maximum absolute atomic E-state index is 10.7. The molecule has 0 heterocycles. The lowest BCUT2D eigenvalue weighted by atomic mass is 9.64. The third-order valence-electron chi connectivity index (χ3n) is 3.49. The Balaban J connectivity index is 2.43. The molecule has 1 aliphatic rings. The number of hydrogen-bond acceptors (Lipinski definition) is 4. The van der Waals surface area contributed by atoms with Crippen molar-refractivity contribution < 1.29 is 10.0 Å². The normalized spacial score (nSPS) is 17.8. The quantitative estimate of drug-likeness (QED) is 0.601. The number of hydrogen-bond donors (Lipinski definition) is 2. The zero-order valence-electron chi connectivity index (χ0n) is 8.85. The summed E-state index contributed by atoms with van der Waals surface area (Å²) in [5.74, 6) is -0.291. The van der Waals surface area contributed by atoms with Crippen LogP contribution in [0.4, 0.5) is 5.69 Å². The van der Waals surface area contributed by atoms with E-state index in [1.54, 1.807) is 6.07 Å². The first-order valence-electron chi connectivity index (χ1n) is 5.27. The van der Waals surface area contributed by atoms with Crippen molar-refractivity contribution in [3.63, 3.8) is 0 Å². The minimum atomic E-state index is -0.568. The van der Waals surface area contributed by atoms with Gasteiger partial charge in [-0.15, -0.1) is 0 Å². The number of nitrogens with two attached hydrogens (primary N) is 1. The lowest BCUT2D eigenvalue weighted by Gasteiger charge is -2.41. The maximum atomic E-state index is 10.7. The van der Waals surface area contributed by atoms with E-state index in [1.165, 1.54) is 12.1 Å². The Morgan fingerprint density at radius 2 is 2.19 bits per heavy atom. The summed E-state index contributed by atoms with van der Waals surface area (Å²) in [7, 11) is 0. The molecule has 1 saturated carbocycles. The molecular formula is C11H14N2O3. The lowest BCUT2D eigenvalue weighted by molar-refractivity contribution is -0.386. The highest BCUT2D eigenvalue weighted by Gasteiger charge is 2.38. The van der Waals surface area contributed by atoms with Gasteiger partial charge in [-0.2, -0.15) is 0 Å². The molecule has 0 radical (unpaired) electrons. The SMILES string of the molecule is NCC1(c2ccc(O)c([N+](=O)[O-])c2)CCC1. The van der Waals surface area contributed by atoms with Crippen molar-refractivity contribution in [2.75, 3.05) is 6.54 Å². The molecule has 5 heteroatoms. The first-order chi connectivity index (χ1) is 7.59. The summed E-state index contributed by atoms with van der Waals surface area (Å²) in [5.41, 5.74) is 6.25. The van der Waals surface area contributed by atoms with Gasteiger partial charge in [-0.1, -0.05) is 12.5 Å². The molecule has 0 aromatic heterocycles. The van der Waals surface area contributed by atoms with E-state index in [0.717, 1.165) is 24.8 Å². The van der Waals surface area contributed by atoms with E-state index in [1.807, 2.05) is 0 Å². The molecule has 0 unspecified atom stereocenters. The number of rotatable bonds is 3. The molecule has 3 N–H and O–H groups in total. The van der Waals surface area contributed by atoms with Crippen LogP contribution in [-0.4, -0.2) is 16.6 Å². The van der Waals surface area contributed by atoms with Crippen LogP contribution in [0.15, 0.2) is 18.2 Å². The van der Waals surface area contributed by atoms with Gasteiger partial charge in [-0.3, -0.25) is 10.1 Å². The van der Waals surface area contributed by atoms with Gasteiger partial charge in [-0.05, 0) is 24.5 Å². The van der Waals surface area contributed by atoms with E-state index in [2.05, 4.69) is 0 Å². The van der Waals surface area contributed by atoms with Gasteiger partial charge in [0.25, 0.3) is 0 Å². The summed E-state index contributed by atoms with van der Waals surface area (Å²) in [6, 6.07) is 4.55. The summed E-state index contributed by atoms with van der Waals surface area (Å²) in [6.07, 6.45) is 3.03. The molecule has 5 nitrogen and oxygen atoms in total. The molecule has 16 heavy (non-hydrogen) atoms. The highest BCUT2D eigenvalue weighted by molar-refractivity contribution is 5.50. The third kappa shape index (κ3) is 1.53. The Bertz CT molecular complexity index is 422. The maximum Gasteiger partial charge on any atom is 0.310 e. The predicted molar refractivity (Wildman–Crippen MR) is 59.3 cm³/mol. The molecule has 1 fully saturated rings. The standard InChI is InChI=1S/C11H14N2O3/c12-7-11(4-1-5-11)8-2-3-10(14)9(6-8)13(15)16/h2-3,6,14H,1,4-5,7,12H2. The van der Waals surface area contributed by atoms with E-state index in [4.69, 9.17) is 5.73 Å². The number of nitrogens with zero attached hydrogens (tertiary/aromatic N) is 1. The number of nitro groups is 1. The van der Waals surface area contributed by atoms with Gasteiger partial charge >= 0.3 is 5.69 Å². The monoisotopic (exact) mass is 222 g/mol. The molecule has 0 saturated heterocycles. The Kier molecular flexibility index (Phi) is 2.55. The summed E-state index contributed by atoms with van der Waals surface area (Å²) in [5, 5.41) is 20.1. The second kappa shape index (κ2) is 3.75. The minimum Gasteiger partial charge on any atom is -0.502 e. The molecule has 0 spiro atoms. The van der Waals surface area contributed by atoms with Gasteiger partial charge in [-0.25, -0.2) is 0 Å². The Hall–Kier alpha value is -1.62. The summed E-state index contributed by atoms with van der Waals surface area (Å²) in [4.78, 5) is 10.1. The van der Waals surface area contributed by atoms with Gasteiger partial charge in [0.1, 0.15) is 0 Å². The fourth-order valence-electron chi connectivity index (χ4n) is 2.21. The molecule has 0 amide bonds. The summed E-state index contributed by atoms with van der Waals surface area (Å²) < 4.78 is 0. The molecule has 1 aromatic carbocycles. The van der Waals surface area contributed by atoms with Crippen molar-refractivity contribution in [3.8, 4) is 5.75 Å². The van der Waals surface area contributed by atoms with Crippen molar-refractivity contribution in [2.45, 2.75) is 24.7 Å². The largest absolute Gasteiger partial charge is 0.502 e. The number of phenolic OH excluding ortho intramolecular Hbond substituents is 1. The van der Waals surface area contributed by atoms with Crippen molar-refractivity contribution >= 4 is 5.69 Å². The highest BCUT2D eigenvalue weighted by atomic mass is 16.6. The second-order valence-corrected chi connectivity index (χ2v) is 4.30. The molecule has 1 aromatic rings. The smallest absolute Gasteiger partial charge is 0.310 e. The number of nitro benzene ring substituents is 1. The third-order valence-corrected chi connectivity index (χ3v) is 3.49. The zero-order valence-corrected chi connectivity index (χ0v) is 8.85. The van der Waals surface area contributed by atoms with Crippen LogP contribution in [-0.2, 0) is 5.41 Å². The van der Waals surface area contributed by atoms with Gasteiger partial charge in [0.15, 0.2) is 5.75 Å². The fraction of sp³-hybridized carbons (Fsp3) is 0.455. The van der Waals surface area contributed by atoms with Crippen LogP contribution in [0.5, 0.6) is 5.75 Å². The number of aromatic hydroxyl groups is 1. The van der Waals surface area contributed by atoms with E-state index in [-0.39, 0.29) is 16.9 Å². The van der Waals surface area contributed by atoms with E-state index in [0.29, 0.717) is 6.54 Å². The number of benzene rings is 1. The zero-order chi connectivity index (χ0) is 11.8. The first-order valence-corrected chi connectivity index (χ1v) is 5.27. The van der Waals surface area contributed by atoms with E-state index < -0.39 is 4.92 Å². The molecule has 0 atom stereocenters. The average molecular weight is 222 g/mol. The number of phenols is 1. The van der Waals surface area contributed by atoms with Crippen LogP contribution in [0.25, 0.3) is 0 Å². The van der Waals surface area contributed by atoms with Crippen molar-refractivity contribution in [3.05, 3.63) is 33.9 Å². The van der Waals surface area contributed by atoms with Crippen LogP contribution >= 0.6 is 0 Å². The molecule has 0 bridgehead atoms. The Morgan fingerprint density at radius 3 is 2.62 bits per heavy atom. The van der Waals surface area contributed by atoms with Crippen LogP contribution in [0.1, 0.15) is 24.8 Å². The molecule has 0 aliphatic heterocycles. The van der Waals surface area contributed by atoms with Crippen LogP contribution in [0.2, 0.25) is 0 Å². The minimum absolute atomic E-state index is 0.113. The summed E-state index contributed by atoms with van der Waals surface area (Å²) >= 11 is 0. The topological polar surface area (TPSA) is 89.4 Å². The fourth-order valence-corrected chi connectivity index (χ4v) is 2.21. The van der Waals surface area contributed by atoms with Crippen LogP contribution in [0, 0.1) is 10.1 Å². The van der Waals surface area contributed by atoms with Crippen LogP contribution < -0.4 is 5.73 Å². The van der Waals surface area contributed by atoms with Gasteiger partial charge in [0.05, 0.1) is 4.92 Å². The molecule has 1 aliphatic carbocycles. The van der Waals surface area contributed by atoms with Crippen molar-refractivity contribution in [1.29, 1.82) is 0 Å². The molecule has 2 rings (SSSR count). The molecule has 86 valence electrons. The summed E-state index contributed by atoms with van der Waals surface area (Å²) in [6.45, 7) is 0.495. The predicted octanol–water partition coefficient (Wildman–Crippen LogP) is 1.68. The Morgan fingerprint density at radius 1 is 1.50 bits per heavy atom. The lowest BCUT2D eigenvalue weighted by Crippen LogP contribution is -2.41. The van der Waals surface area contributed by atoms with E-state index in [9.17, 15) is 15.2 Å². The highest BCUT2D eigenvalue weighted by Crippen LogP contribution is 2.44. The van der Waals surface area contributed by atoms with Crippen molar-refractivity contribution in [2.24, 2.45) is 5.73 Å². The average Bonchev–Trinajstić information content (AvgIpc) is 2.19. The van der Waals surface area contributed by atoms with Gasteiger partial charge in [0.2, 0.25) is 0 Å². The van der Waals surface area contributed by atoms with Gasteiger partial charge < -0.3 is 10.8 Å². The van der Waals surface area contributed by atoms with Crippen molar-refractivity contribution in [1.82, 2.24) is 0 Å².